The number of hydrogen-bond acceptors (Lipinski definition) is 0. The molecule has 3 heterocycles. The number of hydrogen-bond donors (Lipinski definition) is 0. The van der Waals surface area contributed by atoms with Crippen molar-refractivity contribution in [1.29, 1.82) is 0 Å². The van der Waals surface area contributed by atoms with E-state index in [1.807, 2.05) is 0 Å². The van der Waals surface area contributed by atoms with Crippen LogP contribution >= 0.6 is 0 Å². The Morgan fingerprint density at radius 3 is 2.08 bits per heavy atom. The lowest BCUT2D eigenvalue weighted by Crippen LogP contribution is -2.15. The molecule has 36 heavy (non-hydrogen) atoms. The van der Waals surface area contributed by atoms with Crippen LogP contribution in [0.3, 0.4) is 0 Å². The van der Waals surface area contributed by atoms with Gasteiger partial charge >= 0.3 is 0 Å². The quantitative estimate of drug-likeness (QED) is 0.214. The van der Waals surface area contributed by atoms with Gasteiger partial charge in [0.05, 0.1) is 22.1 Å². The minimum Gasteiger partial charge on any atom is -0.344 e. The lowest BCUT2D eigenvalue weighted by molar-refractivity contribution is 0.666. The zero-order valence-corrected chi connectivity index (χ0v) is 20.6. The summed E-state index contributed by atoms with van der Waals surface area (Å²) in [6.07, 6.45) is 0. The minimum absolute atomic E-state index is 0.0609. The first-order chi connectivity index (χ1) is 17.6. The Labute approximate surface area is 208 Å². The molecule has 0 atom stereocenters. The van der Waals surface area contributed by atoms with Gasteiger partial charge in [0, 0.05) is 44.9 Å². The molecule has 1 aliphatic carbocycles. The molecule has 0 saturated heterocycles. The lowest BCUT2D eigenvalue weighted by atomic mass is 9.80. The van der Waals surface area contributed by atoms with E-state index in [0.29, 0.717) is 0 Å². The summed E-state index contributed by atoms with van der Waals surface area (Å²) in [4.78, 5) is 0. The first-order valence-electron chi connectivity index (χ1n) is 12.8. The summed E-state index contributed by atoms with van der Waals surface area (Å²) >= 11 is 0. The monoisotopic (exact) mass is 460 g/mol. The van der Waals surface area contributed by atoms with Gasteiger partial charge in [0.15, 0.2) is 0 Å². The molecule has 8 aromatic rings. The van der Waals surface area contributed by atoms with Crippen molar-refractivity contribution in [1.82, 2.24) is 8.97 Å². The topological polar surface area (TPSA) is 9.34 Å². The molecular formula is C34H24N2. The molecule has 0 aliphatic heterocycles. The van der Waals surface area contributed by atoms with Crippen LogP contribution in [0.5, 0.6) is 0 Å². The van der Waals surface area contributed by atoms with Crippen LogP contribution in [0.1, 0.15) is 25.0 Å². The molecule has 0 spiro atoms. The van der Waals surface area contributed by atoms with E-state index in [1.165, 1.54) is 82.2 Å². The van der Waals surface area contributed by atoms with E-state index in [0.717, 1.165) is 0 Å². The fourth-order valence-electron chi connectivity index (χ4n) is 7.58. The maximum atomic E-state index is 2.56. The Kier molecular flexibility index (Phi) is 3.11. The van der Waals surface area contributed by atoms with Crippen LogP contribution < -0.4 is 0 Å². The number of fused-ring (bicyclic) bond motifs is 9. The first-order valence-corrected chi connectivity index (χ1v) is 12.8. The standard InChI is InChI=1S/C34H24N2/c1-34(2)24-13-5-4-9-19(24)21-17-18-28-30(32(21)34)23-12-6-11-22-20-10-7-14-25-29(20)31-26(35(25)3)15-8-16-27(31)36(28)33(22)23/h4-18H,1-3H3. The molecule has 2 heteroatoms. The summed E-state index contributed by atoms with van der Waals surface area (Å²) in [5.74, 6) is 0. The maximum absolute atomic E-state index is 2.56. The van der Waals surface area contributed by atoms with Gasteiger partial charge in [-0.05, 0) is 51.9 Å². The van der Waals surface area contributed by atoms with Crippen molar-refractivity contribution >= 4 is 59.9 Å². The maximum Gasteiger partial charge on any atom is 0.0620 e. The highest BCUT2D eigenvalue weighted by atomic mass is 15.0. The molecule has 2 nitrogen and oxygen atoms in total. The molecule has 0 radical (unpaired) electrons. The van der Waals surface area contributed by atoms with Crippen molar-refractivity contribution in [3.05, 3.63) is 102 Å². The predicted molar refractivity (Wildman–Crippen MR) is 153 cm³/mol. The van der Waals surface area contributed by atoms with E-state index in [-0.39, 0.29) is 5.41 Å². The predicted octanol–water partition coefficient (Wildman–Crippen LogP) is 8.79. The number of nitrogens with zero attached hydrogens (tertiary/aromatic N) is 2. The highest BCUT2D eigenvalue weighted by Crippen LogP contribution is 2.53. The molecule has 0 unspecified atom stereocenters. The lowest BCUT2D eigenvalue weighted by Gasteiger charge is -2.22. The van der Waals surface area contributed by atoms with Gasteiger partial charge in [0.1, 0.15) is 0 Å². The molecule has 0 N–H and O–H groups in total. The van der Waals surface area contributed by atoms with E-state index < -0.39 is 0 Å². The average Bonchev–Trinajstić information content (AvgIpc) is 3.44. The smallest absolute Gasteiger partial charge is 0.0620 e. The van der Waals surface area contributed by atoms with Crippen molar-refractivity contribution in [2.75, 3.05) is 0 Å². The van der Waals surface area contributed by atoms with Crippen molar-refractivity contribution < 1.29 is 0 Å². The largest absolute Gasteiger partial charge is 0.344 e. The highest BCUT2D eigenvalue weighted by Gasteiger charge is 2.38. The van der Waals surface area contributed by atoms with Gasteiger partial charge < -0.3 is 8.97 Å². The van der Waals surface area contributed by atoms with Gasteiger partial charge in [-0.25, -0.2) is 0 Å². The van der Waals surface area contributed by atoms with Crippen LogP contribution in [-0.2, 0) is 12.5 Å². The van der Waals surface area contributed by atoms with Crippen LogP contribution in [0.15, 0.2) is 91.0 Å². The Hall–Kier alpha value is -4.30. The van der Waals surface area contributed by atoms with Gasteiger partial charge in [-0.15, -0.1) is 0 Å². The third-order valence-corrected chi connectivity index (χ3v) is 9.04. The second-order valence-electron chi connectivity index (χ2n) is 11.0. The number of para-hydroxylation sites is 1. The summed E-state index contributed by atoms with van der Waals surface area (Å²) in [6.45, 7) is 4.79. The fraction of sp³-hybridized carbons (Fsp3) is 0.118. The van der Waals surface area contributed by atoms with Gasteiger partial charge in [-0.2, -0.15) is 0 Å². The normalized spacial score (nSPS) is 14.8. The third-order valence-electron chi connectivity index (χ3n) is 9.04. The molecular weight excluding hydrogens is 436 g/mol. The van der Waals surface area contributed by atoms with Crippen molar-refractivity contribution in [2.45, 2.75) is 19.3 Å². The highest BCUT2D eigenvalue weighted by molar-refractivity contribution is 6.31. The van der Waals surface area contributed by atoms with Crippen LogP contribution in [0.4, 0.5) is 0 Å². The molecule has 0 amide bonds. The summed E-state index contributed by atoms with van der Waals surface area (Å²) < 4.78 is 4.91. The Bertz CT molecular complexity index is 2240. The second-order valence-corrected chi connectivity index (χ2v) is 11.0. The fourth-order valence-corrected chi connectivity index (χ4v) is 7.58. The number of benzene rings is 5. The molecule has 0 saturated carbocycles. The second kappa shape index (κ2) is 5.91. The van der Waals surface area contributed by atoms with Crippen LogP contribution in [0.2, 0.25) is 0 Å². The molecule has 0 fully saturated rings. The summed E-state index contributed by atoms with van der Waals surface area (Å²) in [7, 11) is 2.20. The van der Waals surface area contributed by atoms with Crippen LogP contribution in [0, 0.1) is 0 Å². The van der Waals surface area contributed by atoms with Gasteiger partial charge in [0.2, 0.25) is 0 Å². The van der Waals surface area contributed by atoms with Crippen molar-refractivity contribution in [2.24, 2.45) is 7.05 Å². The van der Waals surface area contributed by atoms with Gasteiger partial charge in [-0.3, -0.25) is 0 Å². The summed E-state index contributed by atoms with van der Waals surface area (Å²) in [5.41, 5.74) is 12.1. The Morgan fingerprint density at radius 1 is 0.528 bits per heavy atom. The van der Waals surface area contributed by atoms with E-state index in [9.17, 15) is 0 Å². The Morgan fingerprint density at radius 2 is 1.19 bits per heavy atom. The molecule has 0 bridgehead atoms. The number of aromatic nitrogens is 2. The van der Waals surface area contributed by atoms with Gasteiger partial charge in [0.25, 0.3) is 0 Å². The molecule has 9 rings (SSSR count). The molecule has 3 aromatic heterocycles. The SMILES string of the molecule is Cn1c2cccc3c4cccc5c6c7c(ccc6n(c6cccc1c6c32)c45)-c1ccccc1C7(C)C. The van der Waals surface area contributed by atoms with Crippen molar-refractivity contribution in [3.8, 4) is 11.1 Å². The van der Waals surface area contributed by atoms with E-state index in [1.54, 1.807) is 0 Å². The third kappa shape index (κ3) is 1.89. The first kappa shape index (κ1) is 19.0. The summed E-state index contributed by atoms with van der Waals surface area (Å²) in [5, 5.41) is 8.11. The zero-order valence-electron chi connectivity index (χ0n) is 20.6. The molecule has 5 aromatic carbocycles. The van der Waals surface area contributed by atoms with E-state index >= 15 is 0 Å². The number of aryl methyl sites for hydroxylation is 1. The average molecular weight is 461 g/mol. The minimum atomic E-state index is -0.0609. The van der Waals surface area contributed by atoms with Gasteiger partial charge in [-0.1, -0.05) is 80.6 Å². The molecule has 170 valence electrons. The van der Waals surface area contributed by atoms with Crippen LogP contribution in [0.25, 0.3) is 71.0 Å². The Balaban J connectivity index is 1.65. The van der Waals surface area contributed by atoms with E-state index in [4.69, 9.17) is 0 Å². The van der Waals surface area contributed by atoms with Crippen molar-refractivity contribution in [3.63, 3.8) is 0 Å². The van der Waals surface area contributed by atoms with E-state index in [2.05, 4.69) is 121 Å². The van der Waals surface area contributed by atoms with Crippen LogP contribution in [-0.4, -0.2) is 8.97 Å². The number of rotatable bonds is 0. The summed E-state index contributed by atoms with van der Waals surface area (Å²) in [6, 6.07) is 34.2. The molecule has 1 aliphatic rings. The zero-order chi connectivity index (χ0) is 23.9.